The standard InChI is InChI=1S/C24H22N4O2S/c1-16-8-11-18(12-9-16)26-23(24-27-19-6-4-5-7-22(19)31-24)28-25-15-17-10-13-20(29-2)21(14-17)30-3/h4-15H,1-3H3,(H,26,28). The van der Waals surface area contributed by atoms with Crippen molar-refractivity contribution in [3.05, 3.63) is 82.9 Å². The van der Waals surface area contributed by atoms with Gasteiger partial charge in [0.15, 0.2) is 22.3 Å². The molecule has 0 saturated carbocycles. The average molecular weight is 431 g/mol. The maximum Gasteiger partial charge on any atom is 0.183 e. The number of rotatable bonds is 6. The molecule has 4 rings (SSSR count). The minimum Gasteiger partial charge on any atom is -0.493 e. The fourth-order valence-corrected chi connectivity index (χ4v) is 3.85. The summed E-state index contributed by atoms with van der Waals surface area (Å²) in [5.41, 5.74) is 6.88. The maximum atomic E-state index is 5.36. The first-order valence-corrected chi connectivity index (χ1v) is 10.5. The van der Waals surface area contributed by atoms with Crippen LogP contribution in [0, 0.1) is 6.92 Å². The van der Waals surface area contributed by atoms with Crippen molar-refractivity contribution in [1.82, 2.24) is 10.4 Å². The number of fused-ring (bicyclic) bond motifs is 1. The highest BCUT2D eigenvalue weighted by molar-refractivity contribution is 7.20. The number of hydrogen-bond acceptors (Lipinski definition) is 6. The van der Waals surface area contributed by atoms with Crippen LogP contribution in [0.25, 0.3) is 10.2 Å². The zero-order valence-electron chi connectivity index (χ0n) is 17.5. The van der Waals surface area contributed by atoms with Crippen LogP contribution in [-0.2, 0) is 0 Å². The molecule has 3 aromatic carbocycles. The predicted octanol–water partition coefficient (Wildman–Crippen LogP) is 5.32. The second-order valence-electron chi connectivity index (χ2n) is 6.77. The number of nitrogens with one attached hydrogen (secondary N) is 1. The molecule has 0 aliphatic heterocycles. The number of benzene rings is 3. The minimum absolute atomic E-state index is 0.585. The van der Waals surface area contributed by atoms with Crippen LogP contribution in [0.2, 0.25) is 0 Å². The summed E-state index contributed by atoms with van der Waals surface area (Å²) in [5.74, 6) is 1.90. The van der Waals surface area contributed by atoms with Crippen LogP contribution in [0.4, 0.5) is 5.69 Å². The van der Waals surface area contributed by atoms with Gasteiger partial charge in [-0.3, -0.25) is 5.43 Å². The summed E-state index contributed by atoms with van der Waals surface area (Å²) in [6, 6.07) is 21.6. The Balaban J connectivity index is 1.64. The van der Waals surface area contributed by atoms with E-state index in [0.717, 1.165) is 26.5 Å². The number of nitrogens with zero attached hydrogens (tertiary/aromatic N) is 3. The number of para-hydroxylation sites is 1. The quantitative estimate of drug-likeness (QED) is 0.255. The second-order valence-corrected chi connectivity index (χ2v) is 7.80. The third-order valence-corrected chi connectivity index (χ3v) is 5.61. The summed E-state index contributed by atoms with van der Waals surface area (Å²) < 4.78 is 11.7. The molecule has 0 aliphatic carbocycles. The summed E-state index contributed by atoms with van der Waals surface area (Å²) in [6.07, 6.45) is 1.71. The molecule has 31 heavy (non-hydrogen) atoms. The Morgan fingerprint density at radius 3 is 2.48 bits per heavy atom. The first kappa shape index (κ1) is 20.6. The van der Waals surface area contributed by atoms with Gasteiger partial charge in [-0.05, 0) is 55.0 Å². The second kappa shape index (κ2) is 9.40. The van der Waals surface area contributed by atoms with Gasteiger partial charge in [0.25, 0.3) is 0 Å². The smallest absolute Gasteiger partial charge is 0.183 e. The van der Waals surface area contributed by atoms with Crippen molar-refractivity contribution in [1.29, 1.82) is 0 Å². The van der Waals surface area contributed by atoms with Gasteiger partial charge in [-0.25, -0.2) is 9.98 Å². The van der Waals surface area contributed by atoms with Gasteiger partial charge in [0.05, 0.1) is 36.3 Å². The van der Waals surface area contributed by atoms with Gasteiger partial charge < -0.3 is 9.47 Å². The van der Waals surface area contributed by atoms with E-state index in [-0.39, 0.29) is 0 Å². The molecule has 6 nitrogen and oxygen atoms in total. The van der Waals surface area contributed by atoms with Gasteiger partial charge in [0.2, 0.25) is 0 Å². The van der Waals surface area contributed by atoms with Gasteiger partial charge in [-0.2, -0.15) is 5.10 Å². The van der Waals surface area contributed by atoms with E-state index in [1.165, 1.54) is 5.56 Å². The van der Waals surface area contributed by atoms with Crippen LogP contribution in [0.15, 0.2) is 76.8 Å². The van der Waals surface area contributed by atoms with Crippen molar-refractivity contribution in [2.75, 3.05) is 14.2 Å². The molecule has 1 N–H and O–H groups in total. The lowest BCUT2D eigenvalue weighted by molar-refractivity contribution is 0.355. The summed E-state index contributed by atoms with van der Waals surface area (Å²) in [4.78, 5) is 9.47. The van der Waals surface area contributed by atoms with Crippen LogP contribution in [0.3, 0.4) is 0 Å². The third kappa shape index (κ3) is 4.90. The number of aromatic nitrogens is 1. The number of hydrogen-bond donors (Lipinski definition) is 1. The molecule has 0 amide bonds. The summed E-state index contributed by atoms with van der Waals surface area (Å²) in [7, 11) is 3.22. The van der Waals surface area contributed by atoms with Gasteiger partial charge in [-0.1, -0.05) is 29.8 Å². The molecule has 7 heteroatoms. The topological polar surface area (TPSA) is 68.1 Å². The lowest BCUT2D eigenvalue weighted by atomic mass is 10.2. The molecule has 0 bridgehead atoms. The maximum absolute atomic E-state index is 5.36. The largest absolute Gasteiger partial charge is 0.493 e. The van der Waals surface area contributed by atoms with E-state index in [0.29, 0.717) is 17.3 Å². The van der Waals surface area contributed by atoms with Crippen LogP contribution in [0.5, 0.6) is 11.5 Å². The SMILES string of the molecule is COc1ccc(C=NNC(=Nc2ccc(C)cc2)c2nc3ccccc3s2)cc1OC. The molecule has 1 heterocycles. The zero-order chi connectivity index (χ0) is 21.6. The predicted molar refractivity (Wildman–Crippen MR) is 127 cm³/mol. The van der Waals surface area contributed by atoms with E-state index in [1.54, 1.807) is 31.8 Å². The number of thiazole rings is 1. The van der Waals surface area contributed by atoms with Crippen molar-refractivity contribution >= 4 is 39.3 Å². The Morgan fingerprint density at radius 2 is 1.74 bits per heavy atom. The van der Waals surface area contributed by atoms with Crippen LogP contribution < -0.4 is 14.9 Å². The van der Waals surface area contributed by atoms with E-state index in [1.807, 2.05) is 73.7 Å². The molecule has 1 aromatic heterocycles. The Bertz CT molecular complexity index is 1210. The zero-order valence-corrected chi connectivity index (χ0v) is 18.3. The Labute approximate surface area is 184 Å². The van der Waals surface area contributed by atoms with E-state index < -0.39 is 0 Å². The normalized spacial score (nSPS) is 11.8. The Morgan fingerprint density at radius 1 is 0.968 bits per heavy atom. The van der Waals surface area contributed by atoms with E-state index >= 15 is 0 Å². The molecule has 156 valence electrons. The number of methoxy groups -OCH3 is 2. The number of aliphatic imine (C=N–C) groups is 1. The Kier molecular flexibility index (Phi) is 6.24. The van der Waals surface area contributed by atoms with Gasteiger partial charge in [0, 0.05) is 0 Å². The van der Waals surface area contributed by atoms with Crippen molar-refractivity contribution in [3.63, 3.8) is 0 Å². The summed E-state index contributed by atoms with van der Waals surface area (Å²) in [5, 5.41) is 5.17. The molecule has 4 aromatic rings. The highest BCUT2D eigenvalue weighted by Crippen LogP contribution is 2.27. The van der Waals surface area contributed by atoms with Crippen LogP contribution in [-0.4, -0.2) is 31.3 Å². The molecule has 0 spiro atoms. The molecular weight excluding hydrogens is 408 g/mol. The molecule has 0 radical (unpaired) electrons. The lowest BCUT2D eigenvalue weighted by Crippen LogP contribution is -2.18. The number of hydrazone groups is 1. The summed E-state index contributed by atoms with van der Waals surface area (Å²) >= 11 is 1.57. The number of amidine groups is 1. The molecular formula is C24H22N4O2S. The Hall–Kier alpha value is -3.71. The summed E-state index contributed by atoms with van der Waals surface area (Å²) in [6.45, 7) is 2.05. The monoisotopic (exact) mass is 430 g/mol. The fraction of sp³-hybridized carbons (Fsp3) is 0.125. The lowest BCUT2D eigenvalue weighted by Gasteiger charge is -2.07. The van der Waals surface area contributed by atoms with Crippen molar-refractivity contribution in [3.8, 4) is 11.5 Å². The van der Waals surface area contributed by atoms with E-state index in [4.69, 9.17) is 19.5 Å². The van der Waals surface area contributed by atoms with Crippen molar-refractivity contribution in [2.45, 2.75) is 6.92 Å². The van der Waals surface area contributed by atoms with Crippen molar-refractivity contribution < 1.29 is 9.47 Å². The first-order chi connectivity index (χ1) is 15.2. The number of ether oxygens (including phenoxy) is 2. The molecule has 0 saturated heterocycles. The van der Waals surface area contributed by atoms with Crippen LogP contribution >= 0.6 is 11.3 Å². The molecule has 0 aliphatic rings. The van der Waals surface area contributed by atoms with E-state index in [2.05, 4.69) is 10.5 Å². The van der Waals surface area contributed by atoms with Crippen LogP contribution in [0.1, 0.15) is 16.1 Å². The van der Waals surface area contributed by atoms with Gasteiger partial charge >= 0.3 is 0 Å². The third-order valence-electron chi connectivity index (χ3n) is 4.56. The highest BCUT2D eigenvalue weighted by atomic mass is 32.1. The molecule has 0 unspecified atom stereocenters. The van der Waals surface area contributed by atoms with Gasteiger partial charge in [-0.15, -0.1) is 11.3 Å². The van der Waals surface area contributed by atoms with Gasteiger partial charge in [0.1, 0.15) is 0 Å². The van der Waals surface area contributed by atoms with Crippen molar-refractivity contribution in [2.24, 2.45) is 10.1 Å². The fourth-order valence-electron chi connectivity index (χ4n) is 2.94. The minimum atomic E-state index is 0.585. The van der Waals surface area contributed by atoms with E-state index in [9.17, 15) is 0 Å². The number of aryl methyl sites for hydroxylation is 1. The molecule has 0 atom stereocenters. The molecule has 0 fully saturated rings. The highest BCUT2D eigenvalue weighted by Gasteiger charge is 2.10. The average Bonchev–Trinajstić information content (AvgIpc) is 3.24. The first-order valence-electron chi connectivity index (χ1n) is 9.68.